The fourth-order valence-corrected chi connectivity index (χ4v) is 7.63. The number of hydrogen-bond donors (Lipinski definition) is 2. The number of nitrogens with one attached hydrogen (secondary N) is 1. The van der Waals surface area contributed by atoms with Crippen LogP contribution in [0.15, 0.2) is 47.0 Å². The third-order valence-corrected chi connectivity index (χ3v) is 10.3. The monoisotopic (exact) mass is 708 g/mol. The van der Waals surface area contributed by atoms with Gasteiger partial charge in [0.1, 0.15) is 17.2 Å². The molecule has 2 atom stereocenters. The van der Waals surface area contributed by atoms with E-state index in [4.69, 9.17) is 18.8 Å². The van der Waals surface area contributed by atoms with E-state index in [2.05, 4.69) is 27.0 Å². The van der Waals surface area contributed by atoms with Crippen molar-refractivity contribution in [2.45, 2.75) is 76.4 Å². The van der Waals surface area contributed by atoms with Crippen LogP contribution in [0.2, 0.25) is 0 Å². The molecule has 11 nitrogen and oxygen atoms in total. The third kappa shape index (κ3) is 8.10. The molecule has 0 spiro atoms. The molecule has 4 aromatic rings. The summed E-state index contributed by atoms with van der Waals surface area (Å²) in [6.45, 7) is 2.45. The van der Waals surface area contributed by atoms with Crippen LogP contribution in [0.1, 0.15) is 73.0 Å². The summed E-state index contributed by atoms with van der Waals surface area (Å²) in [6, 6.07) is 11.4. The average Bonchev–Trinajstić information content (AvgIpc) is 3.45. The van der Waals surface area contributed by atoms with E-state index in [1.165, 1.54) is 29.5 Å². The normalized spacial score (nSPS) is 18.5. The fourth-order valence-electron chi connectivity index (χ4n) is 6.13. The number of carbonyl (C=O) groups excluding carboxylic acids is 1. The first-order valence-electron chi connectivity index (χ1n) is 15.7. The van der Waals surface area contributed by atoms with Crippen LogP contribution < -0.4 is 15.0 Å². The van der Waals surface area contributed by atoms with Crippen LogP contribution in [0.3, 0.4) is 0 Å². The Morgan fingerprint density at radius 2 is 1.92 bits per heavy atom. The van der Waals surface area contributed by atoms with E-state index in [9.17, 15) is 26.4 Å². The quantitative estimate of drug-likeness (QED) is 0.107. The smallest absolute Gasteiger partial charge is 0.405 e. The molecule has 6 rings (SSSR count). The zero-order valence-corrected chi connectivity index (χ0v) is 27.7. The molecule has 0 radical (unpaired) electrons. The van der Waals surface area contributed by atoms with Crippen molar-refractivity contribution in [1.29, 1.82) is 0 Å². The number of nitrogens with zero attached hydrogens (tertiary/aromatic N) is 3. The van der Waals surface area contributed by atoms with Gasteiger partial charge in [0.25, 0.3) is 16.0 Å². The van der Waals surface area contributed by atoms with Gasteiger partial charge >= 0.3 is 6.36 Å². The van der Waals surface area contributed by atoms with E-state index in [0.29, 0.717) is 29.9 Å². The molecule has 1 aliphatic heterocycles. The number of aromatic nitrogens is 2. The lowest BCUT2D eigenvalue weighted by atomic mass is 10.0. The lowest BCUT2D eigenvalue weighted by Crippen LogP contribution is -2.36. The average molecular weight is 709 g/mol. The number of rotatable bonds is 14. The second-order valence-corrected chi connectivity index (χ2v) is 14.5. The Morgan fingerprint density at radius 1 is 1.15 bits per heavy atom. The van der Waals surface area contributed by atoms with E-state index in [1.807, 2.05) is 0 Å². The number of alkyl halides is 3. The minimum absolute atomic E-state index is 0.130. The summed E-state index contributed by atoms with van der Waals surface area (Å²) >= 11 is 1.48. The molecule has 1 aliphatic carbocycles. The Labute approximate surface area is 279 Å². The molecule has 2 aromatic carbocycles. The molecule has 3 heterocycles. The third-order valence-electron chi connectivity index (χ3n) is 8.57. The number of hydrogen-bond acceptors (Lipinski definition) is 10. The molecule has 16 heteroatoms. The maximum absolute atomic E-state index is 13.1. The van der Waals surface area contributed by atoms with Gasteiger partial charge < -0.3 is 24.2 Å². The summed E-state index contributed by atoms with van der Waals surface area (Å²) in [4.78, 5) is 19.8. The maximum atomic E-state index is 13.1. The van der Waals surface area contributed by atoms with Gasteiger partial charge in [-0.3, -0.25) is 9.35 Å². The number of ether oxygens (including phenoxy) is 2. The summed E-state index contributed by atoms with van der Waals surface area (Å²) in [7, 11) is -4.18. The second-order valence-electron chi connectivity index (χ2n) is 12.0. The molecule has 258 valence electrons. The highest BCUT2D eigenvalue weighted by Crippen LogP contribution is 2.46. The van der Waals surface area contributed by atoms with Crippen LogP contribution in [0.4, 0.5) is 18.3 Å². The zero-order valence-electron chi connectivity index (χ0n) is 26.0. The highest BCUT2D eigenvalue weighted by molar-refractivity contribution is 7.85. The van der Waals surface area contributed by atoms with Crippen molar-refractivity contribution in [2.24, 2.45) is 0 Å². The topological polar surface area (TPSA) is 144 Å². The Balaban J connectivity index is 1.13. The van der Waals surface area contributed by atoms with Crippen molar-refractivity contribution < 1.29 is 44.9 Å². The SMILES string of the molecule is CCC1CC[C@@H](CCOCc2c(-c3ccccc3OC(F)(F)F)noc2C2CC2)N1c1nc2ccc(C(=O)NCCS(=O)(=O)O)cc2s1. The van der Waals surface area contributed by atoms with E-state index < -0.39 is 28.1 Å². The minimum atomic E-state index is -4.85. The van der Waals surface area contributed by atoms with Gasteiger partial charge in [0.2, 0.25) is 0 Å². The van der Waals surface area contributed by atoms with E-state index in [1.54, 1.807) is 24.3 Å². The molecule has 1 amide bonds. The van der Waals surface area contributed by atoms with Gasteiger partial charge in [-0.2, -0.15) is 8.42 Å². The minimum Gasteiger partial charge on any atom is -0.405 e. The van der Waals surface area contributed by atoms with Gasteiger partial charge in [-0.15, -0.1) is 13.2 Å². The number of fused-ring (bicyclic) bond motifs is 1. The Morgan fingerprint density at radius 3 is 2.65 bits per heavy atom. The number of thiazole rings is 1. The molecule has 2 N–H and O–H groups in total. The summed E-state index contributed by atoms with van der Waals surface area (Å²) in [6.07, 6.45) is 0.515. The number of para-hydroxylation sites is 1. The van der Waals surface area contributed by atoms with Crippen LogP contribution in [-0.2, 0) is 21.5 Å². The molecule has 0 bridgehead atoms. The predicted octanol–water partition coefficient (Wildman–Crippen LogP) is 6.70. The second kappa shape index (κ2) is 14.0. The molecular formula is C32H35F3N4O7S2. The van der Waals surface area contributed by atoms with Crippen molar-refractivity contribution in [2.75, 3.05) is 23.8 Å². The van der Waals surface area contributed by atoms with Gasteiger partial charge in [0, 0.05) is 47.8 Å². The largest absolute Gasteiger partial charge is 0.573 e. The molecule has 2 fully saturated rings. The van der Waals surface area contributed by atoms with Crippen molar-refractivity contribution in [3.63, 3.8) is 0 Å². The van der Waals surface area contributed by atoms with E-state index >= 15 is 0 Å². The highest BCUT2D eigenvalue weighted by atomic mass is 32.2. The van der Waals surface area contributed by atoms with Gasteiger partial charge in [0.15, 0.2) is 5.13 Å². The van der Waals surface area contributed by atoms with Crippen LogP contribution >= 0.6 is 11.3 Å². The number of amides is 1. The van der Waals surface area contributed by atoms with Gasteiger partial charge in [-0.05, 0) is 68.9 Å². The number of benzene rings is 2. The van der Waals surface area contributed by atoms with Gasteiger partial charge in [-0.1, -0.05) is 35.5 Å². The summed E-state index contributed by atoms with van der Waals surface area (Å²) in [5.74, 6) is -0.568. The van der Waals surface area contributed by atoms with Crippen molar-refractivity contribution in [3.05, 3.63) is 59.4 Å². The first-order chi connectivity index (χ1) is 22.9. The Kier molecular flexibility index (Phi) is 9.97. The molecule has 48 heavy (non-hydrogen) atoms. The summed E-state index contributed by atoms with van der Waals surface area (Å²) in [5, 5.41) is 7.49. The Bertz CT molecular complexity index is 1870. The molecule has 1 saturated heterocycles. The highest BCUT2D eigenvalue weighted by Gasteiger charge is 2.37. The van der Waals surface area contributed by atoms with Crippen molar-refractivity contribution in [1.82, 2.24) is 15.5 Å². The number of carbonyl (C=O) groups is 1. The van der Waals surface area contributed by atoms with Crippen LogP contribution in [0.25, 0.3) is 21.5 Å². The van der Waals surface area contributed by atoms with E-state index in [-0.39, 0.29) is 48.2 Å². The molecular weight excluding hydrogens is 674 g/mol. The van der Waals surface area contributed by atoms with E-state index in [0.717, 1.165) is 47.5 Å². The number of anilines is 1. The molecule has 1 saturated carbocycles. The molecule has 1 unspecified atom stereocenters. The van der Waals surface area contributed by atoms with Crippen molar-refractivity contribution in [3.8, 4) is 17.0 Å². The fraction of sp³-hybridized carbons (Fsp3) is 0.469. The standard InChI is InChI=1S/C32H35F3N4O7S2/c1-2-21-10-11-22(39(21)31-37-25-12-9-20(17-27(25)47-31)30(40)36-14-16-48(41,42)43)13-15-44-18-24-28(38-46-29(24)19-7-8-19)23-5-3-4-6-26(23)45-32(33,34)35/h3-6,9,12,17,19,21-22H,2,7-8,10-11,13-16,18H2,1H3,(H,36,40)(H,41,42,43)/t21?,22-/m0/s1. The van der Waals surface area contributed by atoms with Gasteiger partial charge in [0.05, 0.1) is 22.6 Å². The maximum Gasteiger partial charge on any atom is 0.573 e. The Hall–Kier alpha value is -3.73. The van der Waals surface area contributed by atoms with Crippen LogP contribution in [0.5, 0.6) is 5.75 Å². The van der Waals surface area contributed by atoms with Crippen LogP contribution in [-0.4, -0.2) is 66.4 Å². The molecule has 2 aliphatic rings. The molecule has 2 aromatic heterocycles. The predicted molar refractivity (Wildman–Crippen MR) is 173 cm³/mol. The first-order valence-corrected chi connectivity index (χ1v) is 18.2. The number of halogens is 3. The van der Waals surface area contributed by atoms with Crippen molar-refractivity contribution >= 4 is 42.7 Å². The first kappa shape index (κ1) is 34.1. The summed E-state index contributed by atoms with van der Waals surface area (Å²) in [5.41, 5.74) is 2.20. The van der Waals surface area contributed by atoms with Crippen LogP contribution in [0, 0.1) is 0 Å². The lowest BCUT2D eigenvalue weighted by Gasteiger charge is -2.29. The summed E-state index contributed by atoms with van der Waals surface area (Å²) < 4.78 is 87.1. The van der Waals surface area contributed by atoms with Gasteiger partial charge in [-0.25, -0.2) is 4.98 Å². The lowest BCUT2D eigenvalue weighted by molar-refractivity contribution is -0.274. The zero-order chi connectivity index (χ0) is 34.1.